The van der Waals surface area contributed by atoms with E-state index in [1.807, 2.05) is 25.1 Å². The standard InChI is InChI=1S/C9H11BrO2/c1-7-6-8(12-5-4-11)2-3-9(7)10/h2-3,6,11H,4-5H2,1H3. The van der Waals surface area contributed by atoms with Gasteiger partial charge in [-0.1, -0.05) is 15.9 Å². The van der Waals surface area contributed by atoms with Crippen molar-refractivity contribution < 1.29 is 9.84 Å². The van der Waals surface area contributed by atoms with Crippen molar-refractivity contribution in [1.82, 2.24) is 0 Å². The van der Waals surface area contributed by atoms with E-state index in [-0.39, 0.29) is 6.61 Å². The van der Waals surface area contributed by atoms with Crippen LogP contribution in [-0.2, 0) is 0 Å². The number of aliphatic hydroxyl groups is 1. The zero-order chi connectivity index (χ0) is 8.97. The predicted molar refractivity (Wildman–Crippen MR) is 51.5 cm³/mol. The van der Waals surface area contributed by atoms with Crippen molar-refractivity contribution in [3.8, 4) is 5.75 Å². The van der Waals surface area contributed by atoms with E-state index >= 15 is 0 Å². The number of rotatable bonds is 3. The Morgan fingerprint density at radius 1 is 1.50 bits per heavy atom. The zero-order valence-corrected chi connectivity index (χ0v) is 8.47. The molecule has 0 saturated carbocycles. The van der Waals surface area contributed by atoms with Crippen LogP contribution in [0.2, 0.25) is 0 Å². The Morgan fingerprint density at radius 3 is 2.83 bits per heavy atom. The van der Waals surface area contributed by atoms with Gasteiger partial charge in [0.2, 0.25) is 0 Å². The summed E-state index contributed by atoms with van der Waals surface area (Å²) in [6.07, 6.45) is 0. The highest BCUT2D eigenvalue weighted by Crippen LogP contribution is 2.21. The highest BCUT2D eigenvalue weighted by Gasteiger charge is 1.96. The number of hydrogen-bond acceptors (Lipinski definition) is 2. The quantitative estimate of drug-likeness (QED) is 0.863. The van der Waals surface area contributed by atoms with E-state index in [1.165, 1.54) is 0 Å². The molecule has 1 aromatic carbocycles. The lowest BCUT2D eigenvalue weighted by Crippen LogP contribution is -2.01. The molecule has 0 heterocycles. The fourth-order valence-corrected chi connectivity index (χ4v) is 1.12. The lowest BCUT2D eigenvalue weighted by atomic mass is 10.2. The molecule has 2 nitrogen and oxygen atoms in total. The van der Waals surface area contributed by atoms with E-state index in [4.69, 9.17) is 9.84 Å². The topological polar surface area (TPSA) is 29.5 Å². The van der Waals surface area contributed by atoms with Gasteiger partial charge in [-0.3, -0.25) is 0 Å². The molecule has 0 aliphatic heterocycles. The Balaban J connectivity index is 2.69. The number of hydrogen-bond donors (Lipinski definition) is 1. The van der Waals surface area contributed by atoms with E-state index < -0.39 is 0 Å². The molecule has 1 aromatic rings. The van der Waals surface area contributed by atoms with Gasteiger partial charge in [-0.15, -0.1) is 0 Å². The second-order valence-electron chi connectivity index (χ2n) is 2.48. The number of benzene rings is 1. The Bertz CT molecular complexity index is 261. The third-order valence-corrected chi connectivity index (χ3v) is 2.38. The van der Waals surface area contributed by atoms with Crippen molar-refractivity contribution in [3.63, 3.8) is 0 Å². The minimum absolute atomic E-state index is 0.0507. The largest absolute Gasteiger partial charge is 0.491 e. The first kappa shape index (κ1) is 9.55. The molecular weight excluding hydrogens is 220 g/mol. The molecule has 0 radical (unpaired) electrons. The molecule has 66 valence electrons. The Kier molecular flexibility index (Phi) is 3.56. The lowest BCUT2D eigenvalue weighted by Gasteiger charge is -2.05. The summed E-state index contributed by atoms with van der Waals surface area (Å²) in [6.45, 7) is 2.39. The second-order valence-corrected chi connectivity index (χ2v) is 3.34. The molecular formula is C9H11BrO2. The van der Waals surface area contributed by atoms with Crippen molar-refractivity contribution in [2.45, 2.75) is 6.92 Å². The molecule has 12 heavy (non-hydrogen) atoms. The first-order chi connectivity index (χ1) is 5.74. The van der Waals surface area contributed by atoms with Gasteiger partial charge in [0.05, 0.1) is 6.61 Å². The number of aryl methyl sites for hydroxylation is 1. The Hall–Kier alpha value is -0.540. The first-order valence-electron chi connectivity index (χ1n) is 3.74. The average molecular weight is 231 g/mol. The fourth-order valence-electron chi connectivity index (χ4n) is 0.870. The molecule has 0 aliphatic carbocycles. The van der Waals surface area contributed by atoms with Gasteiger partial charge in [0.1, 0.15) is 12.4 Å². The molecule has 0 spiro atoms. The predicted octanol–water partition coefficient (Wildman–Crippen LogP) is 2.13. The van der Waals surface area contributed by atoms with E-state index in [0.29, 0.717) is 6.61 Å². The monoisotopic (exact) mass is 230 g/mol. The molecule has 0 amide bonds. The molecule has 0 fully saturated rings. The summed E-state index contributed by atoms with van der Waals surface area (Å²) in [7, 11) is 0. The van der Waals surface area contributed by atoms with Crippen molar-refractivity contribution in [1.29, 1.82) is 0 Å². The van der Waals surface area contributed by atoms with Gasteiger partial charge < -0.3 is 9.84 Å². The summed E-state index contributed by atoms with van der Waals surface area (Å²) in [4.78, 5) is 0. The molecule has 0 bridgehead atoms. The van der Waals surface area contributed by atoms with Gasteiger partial charge in [0.25, 0.3) is 0 Å². The normalized spacial score (nSPS) is 9.92. The van der Waals surface area contributed by atoms with Crippen molar-refractivity contribution in [2.75, 3.05) is 13.2 Å². The third kappa shape index (κ3) is 2.50. The summed E-state index contributed by atoms with van der Waals surface area (Å²) >= 11 is 3.39. The van der Waals surface area contributed by atoms with Crippen LogP contribution in [0.3, 0.4) is 0 Å². The molecule has 0 saturated heterocycles. The summed E-state index contributed by atoms with van der Waals surface area (Å²) in [6, 6.07) is 5.73. The van der Waals surface area contributed by atoms with Gasteiger partial charge in [0, 0.05) is 4.47 Å². The van der Waals surface area contributed by atoms with Gasteiger partial charge >= 0.3 is 0 Å². The molecule has 0 aliphatic rings. The maximum absolute atomic E-state index is 8.52. The van der Waals surface area contributed by atoms with E-state index in [9.17, 15) is 0 Å². The minimum Gasteiger partial charge on any atom is -0.491 e. The maximum atomic E-state index is 8.52. The lowest BCUT2D eigenvalue weighted by molar-refractivity contribution is 0.201. The SMILES string of the molecule is Cc1cc(OCCO)ccc1Br. The second kappa shape index (κ2) is 4.48. The molecule has 1 rings (SSSR count). The molecule has 0 unspecified atom stereocenters. The summed E-state index contributed by atoms with van der Waals surface area (Å²) in [5.41, 5.74) is 1.13. The van der Waals surface area contributed by atoms with Crippen molar-refractivity contribution in [2.24, 2.45) is 0 Å². The fraction of sp³-hybridized carbons (Fsp3) is 0.333. The van der Waals surface area contributed by atoms with Crippen LogP contribution in [0, 0.1) is 6.92 Å². The van der Waals surface area contributed by atoms with Crippen molar-refractivity contribution in [3.05, 3.63) is 28.2 Å². The number of halogens is 1. The van der Waals surface area contributed by atoms with Crippen LogP contribution in [0.5, 0.6) is 5.75 Å². The summed E-state index contributed by atoms with van der Waals surface area (Å²) < 4.78 is 6.29. The van der Waals surface area contributed by atoms with Crippen LogP contribution >= 0.6 is 15.9 Å². The molecule has 0 atom stereocenters. The Labute approximate surface area is 80.3 Å². The molecule has 1 N–H and O–H groups in total. The van der Waals surface area contributed by atoms with Gasteiger partial charge in [-0.2, -0.15) is 0 Å². The van der Waals surface area contributed by atoms with Crippen LogP contribution in [0.4, 0.5) is 0 Å². The van der Waals surface area contributed by atoms with E-state index in [2.05, 4.69) is 15.9 Å². The molecule has 3 heteroatoms. The van der Waals surface area contributed by atoms with Crippen LogP contribution in [0.15, 0.2) is 22.7 Å². The Morgan fingerprint density at radius 2 is 2.25 bits per heavy atom. The number of ether oxygens (including phenoxy) is 1. The smallest absolute Gasteiger partial charge is 0.119 e. The van der Waals surface area contributed by atoms with Crippen LogP contribution < -0.4 is 4.74 Å². The minimum atomic E-state index is 0.0507. The summed E-state index contributed by atoms with van der Waals surface area (Å²) in [5.74, 6) is 0.796. The van der Waals surface area contributed by atoms with Gasteiger partial charge in [0.15, 0.2) is 0 Å². The van der Waals surface area contributed by atoms with Crippen LogP contribution in [0.25, 0.3) is 0 Å². The van der Waals surface area contributed by atoms with Crippen LogP contribution in [-0.4, -0.2) is 18.3 Å². The number of aliphatic hydroxyl groups excluding tert-OH is 1. The zero-order valence-electron chi connectivity index (χ0n) is 6.88. The maximum Gasteiger partial charge on any atom is 0.119 e. The first-order valence-corrected chi connectivity index (χ1v) is 4.53. The third-order valence-electron chi connectivity index (χ3n) is 1.49. The average Bonchev–Trinajstić information content (AvgIpc) is 2.07. The van der Waals surface area contributed by atoms with E-state index in [0.717, 1.165) is 15.8 Å². The van der Waals surface area contributed by atoms with Gasteiger partial charge in [-0.25, -0.2) is 0 Å². The highest BCUT2D eigenvalue weighted by atomic mass is 79.9. The van der Waals surface area contributed by atoms with Crippen molar-refractivity contribution >= 4 is 15.9 Å². The highest BCUT2D eigenvalue weighted by molar-refractivity contribution is 9.10. The summed E-state index contributed by atoms with van der Waals surface area (Å²) in [5, 5.41) is 8.52. The van der Waals surface area contributed by atoms with E-state index in [1.54, 1.807) is 0 Å². The van der Waals surface area contributed by atoms with Crippen LogP contribution in [0.1, 0.15) is 5.56 Å². The van der Waals surface area contributed by atoms with Gasteiger partial charge in [-0.05, 0) is 30.7 Å². The molecule has 0 aromatic heterocycles.